The number of para-hydroxylation sites is 1. The van der Waals surface area contributed by atoms with Gasteiger partial charge in [0.1, 0.15) is 0 Å². The van der Waals surface area contributed by atoms with Crippen molar-refractivity contribution in [2.24, 2.45) is 0 Å². The van der Waals surface area contributed by atoms with Crippen molar-refractivity contribution in [3.8, 4) is 0 Å². The van der Waals surface area contributed by atoms with E-state index in [2.05, 4.69) is 18.2 Å². The summed E-state index contributed by atoms with van der Waals surface area (Å²) >= 11 is 0. The quantitative estimate of drug-likeness (QED) is 0.703. The maximum atomic E-state index is 13.1. The highest BCUT2D eigenvalue weighted by atomic mass is 16.2. The summed E-state index contributed by atoms with van der Waals surface area (Å²) in [6, 6.07) is 28.3. The van der Waals surface area contributed by atoms with Gasteiger partial charge in [0, 0.05) is 5.69 Å². The number of carbonyl (C=O) groups is 1. The molecular weight excluding hydrogens is 282 g/mol. The molecule has 1 heterocycles. The third-order valence-corrected chi connectivity index (χ3v) is 4.37. The molecule has 3 aromatic rings. The molecule has 1 aliphatic heterocycles. The van der Waals surface area contributed by atoms with E-state index >= 15 is 0 Å². The van der Waals surface area contributed by atoms with Crippen molar-refractivity contribution in [3.63, 3.8) is 0 Å². The second-order valence-corrected chi connectivity index (χ2v) is 5.81. The standard InChI is InChI=1S/C21H17NO/c23-21-20(17-11-5-2-6-12-17)18-13-7-8-14-19(18)22(21)15-16-9-3-1-4-10-16/h1-14,20H,15H2/t20-/m1/s1. The van der Waals surface area contributed by atoms with Crippen LogP contribution < -0.4 is 4.90 Å². The lowest BCUT2D eigenvalue weighted by molar-refractivity contribution is -0.118. The van der Waals surface area contributed by atoms with Crippen molar-refractivity contribution in [1.29, 1.82) is 0 Å². The maximum Gasteiger partial charge on any atom is 0.239 e. The second kappa shape index (κ2) is 5.73. The highest BCUT2D eigenvalue weighted by molar-refractivity contribution is 6.06. The van der Waals surface area contributed by atoms with Crippen molar-refractivity contribution in [2.75, 3.05) is 4.90 Å². The number of carbonyl (C=O) groups excluding carboxylic acids is 1. The maximum absolute atomic E-state index is 13.1. The Hall–Kier alpha value is -2.87. The van der Waals surface area contributed by atoms with Gasteiger partial charge in [-0.1, -0.05) is 78.9 Å². The van der Waals surface area contributed by atoms with Crippen LogP contribution in [-0.4, -0.2) is 5.91 Å². The Morgan fingerprint density at radius 3 is 2.09 bits per heavy atom. The Balaban J connectivity index is 1.76. The molecule has 1 amide bonds. The molecular formula is C21H17NO. The van der Waals surface area contributed by atoms with E-state index in [1.165, 1.54) is 0 Å². The molecule has 4 rings (SSSR count). The lowest BCUT2D eigenvalue weighted by Crippen LogP contribution is -2.28. The SMILES string of the molecule is O=C1[C@H](c2ccccc2)c2ccccc2N1Cc1ccccc1. The Morgan fingerprint density at radius 1 is 0.739 bits per heavy atom. The summed E-state index contributed by atoms with van der Waals surface area (Å²) in [6.45, 7) is 0.611. The fourth-order valence-corrected chi connectivity index (χ4v) is 3.28. The zero-order valence-electron chi connectivity index (χ0n) is 12.7. The van der Waals surface area contributed by atoms with E-state index in [4.69, 9.17) is 0 Å². The molecule has 0 spiro atoms. The smallest absolute Gasteiger partial charge is 0.239 e. The molecule has 0 saturated carbocycles. The van der Waals surface area contributed by atoms with Crippen LogP contribution in [0.25, 0.3) is 0 Å². The number of hydrogen-bond acceptors (Lipinski definition) is 1. The lowest BCUT2D eigenvalue weighted by atomic mass is 9.93. The molecule has 2 heteroatoms. The number of nitrogens with zero attached hydrogens (tertiary/aromatic N) is 1. The van der Waals surface area contributed by atoms with Crippen molar-refractivity contribution in [2.45, 2.75) is 12.5 Å². The summed E-state index contributed by atoms with van der Waals surface area (Å²) in [7, 11) is 0. The average molecular weight is 299 g/mol. The highest BCUT2D eigenvalue weighted by Gasteiger charge is 2.37. The third kappa shape index (κ3) is 2.42. The fourth-order valence-electron chi connectivity index (χ4n) is 3.28. The van der Waals surface area contributed by atoms with Crippen molar-refractivity contribution in [1.82, 2.24) is 0 Å². The summed E-state index contributed by atoms with van der Waals surface area (Å²) in [5.41, 5.74) is 4.32. The summed E-state index contributed by atoms with van der Waals surface area (Å²) in [4.78, 5) is 15.0. The van der Waals surface area contributed by atoms with E-state index in [1.807, 2.05) is 71.6 Å². The largest absolute Gasteiger partial charge is 0.307 e. The van der Waals surface area contributed by atoms with Gasteiger partial charge in [0.25, 0.3) is 0 Å². The topological polar surface area (TPSA) is 20.3 Å². The molecule has 0 fully saturated rings. The number of hydrogen-bond donors (Lipinski definition) is 0. The highest BCUT2D eigenvalue weighted by Crippen LogP contribution is 2.41. The van der Waals surface area contributed by atoms with E-state index in [1.54, 1.807) is 0 Å². The van der Waals surface area contributed by atoms with Crippen LogP contribution in [0.1, 0.15) is 22.6 Å². The van der Waals surface area contributed by atoms with Gasteiger partial charge in [0.05, 0.1) is 12.5 Å². The van der Waals surface area contributed by atoms with Crippen LogP contribution in [0.2, 0.25) is 0 Å². The molecule has 0 radical (unpaired) electrons. The molecule has 2 nitrogen and oxygen atoms in total. The summed E-state index contributed by atoms with van der Waals surface area (Å²) in [6.07, 6.45) is 0. The first-order valence-electron chi connectivity index (χ1n) is 7.84. The van der Waals surface area contributed by atoms with E-state index in [-0.39, 0.29) is 11.8 Å². The molecule has 0 aromatic heterocycles. The van der Waals surface area contributed by atoms with Crippen LogP contribution in [0.5, 0.6) is 0 Å². The monoisotopic (exact) mass is 299 g/mol. The van der Waals surface area contributed by atoms with Crippen molar-refractivity contribution in [3.05, 3.63) is 102 Å². The number of amides is 1. The fraction of sp³-hybridized carbons (Fsp3) is 0.0952. The van der Waals surface area contributed by atoms with E-state index in [0.29, 0.717) is 6.54 Å². The third-order valence-electron chi connectivity index (χ3n) is 4.37. The molecule has 0 unspecified atom stereocenters. The van der Waals surface area contributed by atoms with Crippen LogP contribution in [0, 0.1) is 0 Å². The number of rotatable bonds is 3. The van der Waals surface area contributed by atoms with Gasteiger partial charge in [0.15, 0.2) is 0 Å². The molecule has 1 atom stereocenters. The minimum absolute atomic E-state index is 0.154. The van der Waals surface area contributed by atoms with Crippen LogP contribution in [-0.2, 0) is 11.3 Å². The predicted molar refractivity (Wildman–Crippen MR) is 92.4 cm³/mol. The van der Waals surface area contributed by atoms with Gasteiger partial charge in [-0.05, 0) is 22.8 Å². The first-order chi connectivity index (χ1) is 11.3. The van der Waals surface area contributed by atoms with Gasteiger partial charge in [-0.3, -0.25) is 4.79 Å². The van der Waals surface area contributed by atoms with E-state index in [0.717, 1.165) is 22.4 Å². The molecule has 0 saturated heterocycles. The van der Waals surface area contributed by atoms with Crippen LogP contribution in [0.3, 0.4) is 0 Å². The van der Waals surface area contributed by atoms with Gasteiger partial charge >= 0.3 is 0 Å². The van der Waals surface area contributed by atoms with Crippen LogP contribution in [0.4, 0.5) is 5.69 Å². The van der Waals surface area contributed by atoms with Gasteiger partial charge in [-0.15, -0.1) is 0 Å². The molecule has 1 aliphatic rings. The van der Waals surface area contributed by atoms with Gasteiger partial charge in [-0.2, -0.15) is 0 Å². The second-order valence-electron chi connectivity index (χ2n) is 5.81. The van der Waals surface area contributed by atoms with Gasteiger partial charge < -0.3 is 4.90 Å². The first kappa shape index (κ1) is 13.8. The van der Waals surface area contributed by atoms with Crippen molar-refractivity contribution >= 4 is 11.6 Å². The van der Waals surface area contributed by atoms with Gasteiger partial charge in [0.2, 0.25) is 5.91 Å². The summed E-state index contributed by atoms with van der Waals surface area (Å²) in [5, 5.41) is 0. The molecule has 112 valence electrons. The van der Waals surface area contributed by atoms with E-state index < -0.39 is 0 Å². The normalized spacial score (nSPS) is 16.4. The van der Waals surface area contributed by atoms with Crippen LogP contribution >= 0.6 is 0 Å². The number of anilines is 1. The summed E-state index contributed by atoms with van der Waals surface area (Å²) in [5.74, 6) is -0.0441. The first-order valence-corrected chi connectivity index (χ1v) is 7.84. The minimum Gasteiger partial charge on any atom is -0.307 e. The van der Waals surface area contributed by atoms with Gasteiger partial charge in [-0.25, -0.2) is 0 Å². The molecule has 23 heavy (non-hydrogen) atoms. The predicted octanol–water partition coefficient (Wildman–Crippen LogP) is 4.37. The van der Waals surface area contributed by atoms with Crippen molar-refractivity contribution < 1.29 is 4.79 Å². The lowest BCUT2D eigenvalue weighted by Gasteiger charge is -2.18. The Bertz CT molecular complexity index is 827. The Morgan fingerprint density at radius 2 is 1.35 bits per heavy atom. The summed E-state index contributed by atoms with van der Waals surface area (Å²) < 4.78 is 0. The molecule has 0 N–H and O–H groups in total. The molecule has 0 aliphatic carbocycles. The molecule has 0 bridgehead atoms. The Labute approximate surface area is 136 Å². The zero-order valence-corrected chi connectivity index (χ0v) is 12.7. The molecule has 3 aromatic carbocycles. The Kier molecular flexibility index (Phi) is 3.43. The number of fused-ring (bicyclic) bond motifs is 1. The average Bonchev–Trinajstić information content (AvgIpc) is 2.89. The van der Waals surface area contributed by atoms with Crippen LogP contribution in [0.15, 0.2) is 84.9 Å². The minimum atomic E-state index is -0.198. The number of benzene rings is 3. The van der Waals surface area contributed by atoms with E-state index in [9.17, 15) is 4.79 Å². The zero-order chi connectivity index (χ0) is 15.6.